The second-order valence-corrected chi connectivity index (χ2v) is 9.94. The van der Waals surface area contributed by atoms with Gasteiger partial charge in [-0.1, -0.05) is 24.3 Å². The van der Waals surface area contributed by atoms with Crippen LogP contribution in [0.1, 0.15) is 43.2 Å². The third kappa shape index (κ3) is 5.43. The lowest BCUT2D eigenvalue weighted by Crippen LogP contribution is -2.40. The Morgan fingerprint density at radius 3 is 2.54 bits per heavy atom. The summed E-state index contributed by atoms with van der Waals surface area (Å²) in [7, 11) is 0. The monoisotopic (exact) mass is 532 g/mol. The Kier molecular flexibility index (Phi) is 6.66. The molecule has 4 N–H and O–H groups in total. The van der Waals surface area contributed by atoms with Crippen molar-refractivity contribution in [2.45, 2.75) is 50.2 Å². The molecule has 5 aromatic rings. The molecule has 7 nitrogen and oxygen atoms in total. The molecule has 3 heterocycles. The smallest absolute Gasteiger partial charge is 0.382 e. The van der Waals surface area contributed by atoms with Crippen molar-refractivity contribution in [3.63, 3.8) is 0 Å². The van der Waals surface area contributed by atoms with Gasteiger partial charge >= 0.3 is 6.18 Å². The number of nitrogens with one attached hydrogen (secondary N) is 3. The van der Waals surface area contributed by atoms with Crippen molar-refractivity contribution < 1.29 is 18.3 Å². The molecule has 3 atom stereocenters. The van der Waals surface area contributed by atoms with E-state index in [1.165, 1.54) is 0 Å². The number of pyridine rings is 2. The number of H-pyrrole nitrogens is 1. The standard InChI is InChI=1S/C29H27F3N6O/c30-29(31,32)26-16-24(21-6-1-2-7-22(21)36-26)34-19-4-3-5-20(15-19)35-28(39)18-8-9-23-25(14-18)38-27(37-23)17-10-12-33-13-11-17/h1-2,6-14,16,19-20,28,35,39H,3-5,15H2,(H,34,36)(H,37,38)/t19-,20+,28?/m0/s1. The third-order valence-electron chi connectivity index (χ3n) is 7.21. The van der Waals surface area contributed by atoms with Crippen molar-refractivity contribution >= 4 is 27.6 Å². The first-order valence-electron chi connectivity index (χ1n) is 12.9. The van der Waals surface area contributed by atoms with Gasteiger partial charge in [0.1, 0.15) is 17.7 Å². The molecule has 0 radical (unpaired) electrons. The summed E-state index contributed by atoms with van der Waals surface area (Å²) in [4.78, 5) is 15.8. The van der Waals surface area contributed by atoms with Crippen LogP contribution in [-0.2, 0) is 6.18 Å². The summed E-state index contributed by atoms with van der Waals surface area (Å²) in [5.41, 5.74) is 3.05. The van der Waals surface area contributed by atoms with E-state index in [0.29, 0.717) is 28.6 Å². The molecule has 0 spiro atoms. The maximum Gasteiger partial charge on any atom is 0.433 e. The Morgan fingerprint density at radius 2 is 1.72 bits per heavy atom. The van der Waals surface area contributed by atoms with E-state index in [1.54, 1.807) is 36.7 Å². The van der Waals surface area contributed by atoms with Crippen molar-refractivity contribution in [3.05, 3.63) is 84.3 Å². The molecule has 6 rings (SSSR count). The summed E-state index contributed by atoms with van der Waals surface area (Å²) in [5.74, 6) is 0.727. The Bertz CT molecular complexity index is 1600. The van der Waals surface area contributed by atoms with Crippen LogP contribution in [-0.4, -0.2) is 37.1 Å². The topological polar surface area (TPSA) is 98.8 Å². The van der Waals surface area contributed by atoms with Crippen molar-refractivity contribution in [1.82, 2.24) is 25.3 Å². The number of hydrogen-bond donors (Lipinski definition) is 4. The van der Waals surface area contributed by atoms with Crippen LogP contribution in [0.25, 0.3) is 33.3 Å². The van der Waals surface area contributed by atoms with E-state index in [2.05, 4.69) is 30.6 Å². The van der Waals surface area contributed by atoms with Crippen LogP contribution < -0.4 is 10.6 Å². The first kappa shape index (κ1) is 25.3. The zero-order valence-corrected chi connectivity index (χ0v) is 20.9. The fourth-order valence-corrected chi connectivity index (χ4v) is 5.30. The predicted octanol–water partition coefficient (Wildman–Crippen LogP) is 6.20. The van der Waals surface area contributed by atoms with E-state index in [-0.39, 0.29) is 12.1 Å². The van der Waals surface area contributed by atoms with Gasteiger partial charge in [-0.15, -0.1) is 0 Å². The van der Waals surface area contributed by atoms with Gasteiger partial charge in [-0.2, -0.15) is 13.2 Å². The molecule has 1 aliphatic rings. The summed E-state index contributed by atoms with van der Waals surface area (Å²) in [6.07, 6.45) is 1.21. The lowest BCUT2D eigenvalue weighted by atomic mass is 9.90. The van der Waals surface area contributed by atoms with Gasteiger partial charge in [0.05, 0.1) is 16.6 Å². The number of fused-ring (bicyclic) bond motifs is 2. The average molecular weight is 533 g/mol. The number of aromatic amines is 1. The number of imidazole rings is 1. The van der Waals surface area contributed by atoms with E-state index < -0.39 is 18.1 Å². The maximum atomic E-state index is 13.5. The summed E-state index contributed by atoms with van der Waals surface area (Å²) < 4.78 is 40.5. The molecule has 39 heavy (non-hydrogen) atoms. The molecule has 200 valence electrons. The molecule has 1 fully saturated rings. The van der Waals surface area contributed by atoms with Crippen LogP contribution in [0, 0.1) is 0 Å². The van der Waals surface area contributed by atoms with Crippen LogP contribution in [0.4, 0.5) is 18.9 Å². The number of aliphatic hydroxyl groups excluding tert-OH is 1. The highest BCUT2D eigenvalue weighted by Crippen LogP contribution is 2.34. The average Bonchev–Trinajstić information content (AvgIpc) is 3.37. The summed E-state index contributed by atoms with van der Waals surface area (Å²) in [5, 5.41) is 18.3. The number of aliphatic hydroxyl groups is 1. The number of halogens is 3. The number of para-hydroxylation sites is 1. The number of alkyl halides is 3. The highest BCUT2D eigenvalue weighted by atomic mass is 19.4. The highest BCUT2D eigenvalue weighted by Gasteiger charge is 2.34. The molecule has 0 amide bonds. The minimum absolute atomic E-state index is 0.00807. The second kappa shape index (κ2) is 10.3. The number of anilines is 1. The largest absolute Gasteiger partial charge is 0.433 e. The fraction of sp³-hybridized carbons (Fsp3) is 0.276. The predicted molar refractivity (Wildman–Crippen MR) is 144 cm³/mol. The normalized spacial score (nSPS) is 18.9. The fourth-order valence-electron chi connectivity index (χ4n) is 5.30. The third-order valence-corrected chi connectivity index (χ3v) is 7.21. The van der Waals surface area contributed by atoms with Crippen LogP contribution >= 0.6 is 0 Å². The number of rotatable bonds is 6. The molecule has 1 aliphatic carbocycles. The highest BCUT2D eigenvalue weighted by molar-refractivity contribution is 5.91. The van der Waals surface area contributed by atoms with Gasteiger partial charge < -0.3 is 15.4 Å². The Hall–Kier alpha value is -4.02. The first-order chi connectivity index (χ1) is 18.8. The second-order valence-electron chi connectivity index (χ2n) is 9.94. The molecule has 0 aliphatic heterocycles. The lowest BCUT2D eigenvalue weighted by molar-refractivity contribution is -0.140. The van der Waals surface area contributed by atoms with Crippen molar-refractivity contribution in [2.75, 3.05) is 5.32 Å². The molecule has 3 aromatic heterocycles. The Balaban J connectivity index is 1.16. The van der Waals surface area contributed by atoms with Crippen molar-refractivity contribution in [2.24, 2.45) is 0 Å². The van der Waals surface area contributed by atoms with Crippen LogP contribution in [0.5, 0.6) is 0 Å². The van der Waals surface area contributed by atoms with Crippen LogP contribution in [0.2, 0.25) is 0 Å². The van der Waals surface area contributed by atoms with Crippen LogP contribution in [0.15, 0.2) is 73.1 Å². The first-order valence-corrected chi connectivity index (χ1v) is 12.9. The van der Waals surface area contributed by atoms with Gasteiger partial charge in [0.2, 0.25) is 0 Å². The molecular formula is C29H27F3N6O. The van der Waals surface area contributed by atoms with E-state index in [4.69, 9.17) is 0 Å². The number of aromatic nitrogens is 4. The molecule has 10 heteroatoms. The van der Waals surface area contributed by atoms with Crippen molar-refractivity contribution in [1.29, 1.82) is 0 Å². The Morgan fingerprint density at radius 1 is 0.923 bits per heavy atom. The molecule has 0 bridgehead atoms. The van der Waals surface area contributed by atoms with Gasteiger partial charge in [0, 0.05) is 41.1 Å². The summed E-state index contributed by atoms with van der Waals surface area (Å²) in [6.45, 7) is 0. The lowest BCUT2D eigenvalue weighted by Gasteiger charge is -2.33. The molecule has 2 aromatic carbocycles. The molecule has 1 saturated carbocycles. The van der Waals surface area contributed by atoms with Crippen LogP contribution in [0.3, 0.4) is 0 Å². The van der Waals surface area contributed by atoms with Gasteiger partial charge in [-0.3, -0.25) is 10.3 Å². The van der Waals surface area contributed by atoms with E-state index in [9.17, 15) is 18.3 Å². The molecular weight excluding hydrogens is 505 g/mol. The van der Waals surface area contributed by atoms with E-state index >= 15 is 0 Å². The minimum Gasteiger partial charge on any atom is -0.382 e. The summed E-state index contributed by atoms with van der Waals surface area (Å²) >= 11 is 0. The minimum atomic E-state index is -4.53. The molecule has 1 unspecified atom stereocenters. The quantitative estimate of drug-likeness (QED) is 0.195. The number of hydrogen-bond acceptors (Lipinski definition) is 6. The van der Waals surface area contributed by atoms with Gasteiger partial charge in [0.15, 0.2) is 0 Å². The zero-order chi connectivity index (χ0) is 27.0. The Labute approximate surface area is 222 Å². The van der Waals surface area contributed by atoms with Crippen molar-refractivity contribution in [3.8, 4) is 11.4 Å². The van der Waals surface area contributed by atoms with Gasteiger partial charge in [-0.25, -0.2) is 9.97 Å². The summed E-state index contributed by atoms with van der Waals surface area (Å²) in [6, 6.07) is 17.2. The van der Waals surface area contributed by atoms with Gasteiger partial charge in [0.25, 0.3) is 0 Å². The molecule has 0 saturated heterocycles. The SMILES string of the molecule is OC(N[C@@H]1CCC[C@H](Nc2cc(C(F)(F)F)nc3ccccc23)C1)c1ccc2nc(-c3ccncc3)[nH]c2c1. The van der Waals surface area contributed by atoms with E-state index in [0.717, 1.165) is 47.8 Å². The van der Waals surface area contributed by atoms with E-state index in [1.807, 2.05) is 30.3 Å². The van der Waals surface area contributed by atoms with Gasteiger partial charge in [-0.05, 0) is 67.6 Å². The zero-order valence-electron chi connectivity index (χ0n) is 20.9. The number of benzene rings is 2. The maximum absolute atomic E-state index is 13.5. The number of nitrogens with zero attached hydrogens (tertiary/aromatic N) is 3.